The van der Waals surface area contributed by atoms with Gasteiger partial charge in [0.05, 0.1) is 11.8 Å². The maximum absolute atomic E-state index is 12.3. The SMILES string of the molecule is O=C(NCC=Cc1ccc(O)c(-c2ccno2)c1)OCC1c2ccccc2-c2ccccc21. The molecule has 0 radical (unpaired) electrons. The molecule has 1 heterocycles. The molecule has 3 aromatic carbocycles. The minimum atomic E-state index is -0.463. The fourth-order valence-corrected chi connectivity index (χ4v) is 4.20. The number of carbonyl (C=O) groups excluding carboxylic acids is 1. The van der Waals surface area contributed by atoms with Crippen molar-refractivity contribution in [2.45, 2.75) is 5.92 Å². The summed E-state index contributed by atoms with van der Waals surface area (Å²) in [6.07, 6.45) is 4.73. The Hall–Kier alpha value is -4.32. The minimum absolute atomic E-state index is 0.0326. The predicted molar refractivity (Wildman–Crippen MR) is 126 cm³/mol. The number of nitrogens with zero attached hydrogens (tertiary/aromatic N) is 1. The Morgan fingerprint density at radius 1 is 1.00 bits per heavy atom. The van der Waals surface area contributed by atoms with Crippen LogP contribution in [0.1, 0.15) is 22.6 Å². The first-order valence-electron chi connectivity index (χ1n) is 10.7. The summed E-state index contributed by atoms with van der Waals surface area (Å²) in [6.45, 7) is 0.595. The van der Waals surface area contributed by atoms with Crippen LogP contribution in [0, 0.1) is 0 Å². The van der Waals surface area contributed by atoms with Crippen LogP contribution in [0.3, 0.4) is 0 Å². The van der Waals surface area contributed by atoms with E-state index in [0.717, 1.165) is 5.56 Å². The summed E-state index contributed by atoms with van der Waals surface area (Å²) in [7, 11) is 0. The zero-order valence-electron chi connectivity index (χ0n) is 17.8. The molecule has 0 saturated heterocycles. The van der Waals surface area contributed by atoms with E-state index in [9.17, 15) is 9.90 Å². The number of phenolic OH excluding ortho intramolecular Hbond substituents is 1. The Labute approximate surface area is 191 Å². The summed E-state index contributed by atoms with van der Waals surface area (Å²) in [5.74, 6) is 0.630. The number of ether oxygens (including phenoxy) is 1. The molecule has 1 amide bonds. The van der Waals surface area contributed by atoms with E-state index in [1.165, 1.54) is 28.5 Å². The van der Waals surface area contributed by atoms with Crippen LogP contribution in [0.15, 0.2) is 89.6 Å². The number of fused-ring (bicyclic) bond motifs is 3. The molecule has 164 valence electrons. The van der Waals surface area contributed by atoms with Gasteiger partial charge in [-0.1, -0.05) is 71.9 Å². The number of phenols is 1. The third-order valence-electron chi connectivity index (χ3n) is 5.74. The number of carbonyl (C=O) groups is 1. The molecule has 6 nitrogen and oxygen atoms in total. The first-order chi connectivity index (χ1) is 16.2. The number of rotatable bonds is 6. The van der Waals surface area contributed by atoms with E-state index in [4.69, 9.17) is 9.26 Å². The van der Waals surface area contributed by atoms with Crippen molar-refractivity contribution in [1.82, 2.24) is 10.5 Å². The Kier molecular flexibility index (Phi) is 5.64. The van der Waals surface area contributed by atoms with E-state index in [-0.39, 0.29) is 18.3 Å². The molecule has 0 spiro atoms. The van der Waals surface area contributed by atoms with Gasteiger partial charge in [-0.2, -0.15) is 0 Å². The quantitative estimate of drug-likeness (QED) is 0.409. The number of hydrogen-bond donors (Lipinski definition) is 2. The van der Waals surface area contributed by atoms with Crippen LogP contribution in [-0.2, 0) is 4.74 Å². The highest BCUT2D eigenvalue weighted by molar-refractivity contribution is 5.79. The Bertz CT molecular complexity index is 1270. The molecule has 1 aliphatic rings. The smallest absolute Gasteiger partial charge is 0.407 e. The van der Waals surface area contributed by atoms with Gasteiger partial charge >= 0.3 is 6.09 Å². The Morgan fingerprint density at radius 3 is 2.42 bits per heavy atom. The summed E-state index contributed by atoms with van der Waals surface area (Å²) in [4.78, 5) is 12.3. The van der Waals surface area contributed by atoms with Crippen molar-refractivity contribution < 1.29 is 19.2 Å². The Balaban J connectivity index is 1.17. The van der Waals surface area contributed by atoms with Gasteiger partial charge in [0.1, 0.15) is 12.4 Å². The molecule has 1 aromatic heterocycles. The lowest BCUT2D eigenvalue weighted by Crippen LogP contribution is -2.26. The van der Waals surface area contributed by atoms with E-state index < -0.39 is 6.09 Å². The zero-order chi connectivity index (χ0) is 22.6. The van der Waals surface area contributed by atoms with Gasteiger partial charge in [0.2, 0.25) is 0 Å². The summed E-state index contributed by atoms with van der Waals surface area (Å²) < 4.78 is 10.7. The normalized spacial score (nSPS) is 12.5. The first-order valence-corrected chi connectivity index (χ1v) is 10.7. The second kappa shape index (κ2) is 9.04. The van der Waals surface area contributed by atoms with Crippen LogP contribution in [-0.4, -0.2) is 29.5 Å². The van der Waals surface area contributed by atoms with Gasteiger partial charge in [0, 0.05) is 18.5 Å². The molecule has 0 aliphatic heterocycles. The fraction of sp³-hybridized carbons (Fsp3) is 0.111. The number of aromatic hydroxyl groups is 1. The van der Waals surface area contributed by atoms with Gasteiger partial charge in [-0.25, -0.2) is 4.79 Å². The van der Waals surface area contributed by atoms with Gasteiger partial charge in [0.25, 0.3) is 0 Å². The van der Waals surface area contributed by atoms with Crippen molar-refractivity contribution in [1.29, 1.82) is 0 Å². The molecular formula is C27H22N2O4. The molecule has 2 N–H and O–H groups in total. The van der Waals surface area contributed by atoms with Gasteiger partial charge < -0.3 is 19.7 Å². The molecule has 33 heavy (non-hydrogen) atoms. The van der Waals surface area contributed by atoms with Crippen molar-refractivity contribution in [3.05, 3.63) is 102 Å². The molecule has 0 unspecified atom stereocenters. The monoisotopic (exact) mass is 438 g/mol. The minimum Gasteiger partial charge on any atom is -0.507 e. The van der Waals surface area contributed by atoms with Crippen LogP contribution in [0.2, 0.25) is 0 Å². The molecule has 0 bridgehead atoms. The van der Waals surface area contributed by atoms with Crippen LogP contribution in [0.4, 0.5) is 4.79 Å². The molecule has 0 saturated carbocycles. The highest BCUT2D eigenvalue weighted by Crippen LogP contribution is 2.44. The van der Waals surface area contributed by atoms with Crippen molar-refractivity contribution >= 4 is 12.2 Å². The van der Waals surface area contributed by atoms with E-state index in [1.807, 2.05) is 36.4 Å². The van der Waals surface area contributed by atoms with Gasteiger partial charge in [-0.05, 0) is 39.9 Å². The number of alkyl carbamates (subject to hydrolysis) is 1. The van der Waals surface area contributed by atoms with Gasteiger partial charge in [0.15, 0.2) is 5.76 Å². The molecule has 0 fully saturated rings. The molecule has 4 aromatic rings. The number of amides is 1. The highest BCUT2D eigenvalue weighted by Gasteiger charge is 2.28. The molecule has 5 rings (SSSR count). The zero-order valence-corrected chi connectivity index (χ0v) is 17.8. The first kappa shape index (κ1) is 20.6. The third kappa shape index (κ3) is 4.23. The average Bonchev–Trinajstić information content (AvgIpc) is 3.48. The highest BCUT2D eigenvalue weighted by atomic mass is 16.5. The predicted octanol–water partition coefficient (Wildman–Crippen LogP) is 5.60. The Morgan fingerprint density at radius 2 is 1.73 bits per heavy atom. The van der Waals surface area contributed by atoms with E-state index in [1.54, 1.807) is 24.3 Å². The lowest BCUT2D eigenvalue weighted by Gasteiger charge is -2.14. The summed E-state index contributed by atoms with van der Waals surface area (Å²) in [5.41, 5.74) is 6.17. The fourth-order valence-electron chi connectivity index (χ4n) is 4.20. The van der Waals surface area contributed by atoms with Gasteiger partial charge in [-0.3, -0.25) is 0 Å². The number of nitrogens with one attached hydrogen (secondary N) is 1. The van der Waals surface area contributed by atoms with Gasteiger partial charge in [-0.15, -0.1) is 0 Å². The van der Waals surface area contributed by atoms with E-state index in [2.05, 4.69) is 34.7 Å². The number of benzene rings is 3. The van der Waals surface area contributed by atoms with Crippen molar-refractivity contribution in [2.24, 2.45) is 0 Å². The lowest BCUT2D eigenvalue weighted by molar-refractivity contribution is 0.144. The molecule has 6 heteroatoms. The van der Waals surface area contributed by atoms with E-state index >= 15 is 0 Å². The van der Waals surface area contributed by atoms with Crippen LogP contribution < -0.4 is 5.32 Å². The van der Waals surface area contributed by atoms with Crippen LogP contribution in [0.5, 0.6) is 5.75 Å². The maximum atomic E-state index is 12.3. The largest absolute Gasteiger partial charge is 0.507 e. The standard InChI is InChI=1S/C27H22N2O4/c30-25-12-11-18(16-23(25)26-13-15-29-33-26)6-5-14-28-27(31)32-17-24-21-9-3-1-7-19(21)20-8-2-4-10-22(20)24/h1-13,15-16,24,30H,14,17H2,(H,28,31). The van der Waals surface area contributed by atoms with Crippen molar-refractivity contribution in [2.75, 3.05) is 13.2 Å². The third-order valence-corrected chi connectivity index (χ3v) is 5.74. The van der Waals surface area contributed by atoms with Crippen LogP contribution in [0.25, 0.3) is 28.5 Å². The van der Waals surface area contributed by atoms with E-state index in [0.29, 0.717) is 17.9 Å². The topological polar surface area (TPSA) is 84.6 Å². The number of aromatic nitrogens is 1. The molecular weight excluding hydrogens is 416 g/mol. The summed E-state index contributed by atoms with van der Waals surface area (Å²) in [6, 6.07) is 23.3. The summed E-state index contributed by atoms with van der Waals surface area (Å²) >= 11 is 0. The van der Waals surface area contributed by atoms with Crippen LogP contribution >= 0.6 is 0 Å². The van der Waals surface area contributed by atoms with Crippen molar-refractivity contribution in [3.63, 3.8) is 0 Å². The average molecular weight is 438 g/mol. The second-order valence-corrected chi connectivity index (χ2v) is 7.76. The lowest BCUT2D eigenvalue weighted by atomic mass is 9.98. The second-order valence-electron chi connectivity index (χ2n) is 7.76. The molecule has 0 atom stereocenters. The number of hydrogen-bond acceptors (Lipinski definition) is 5. The summed E-state index contributed by atoms with van der Waals surface area (Å²) in [5, 5.41) is 16.5. The van der Waals surface area contributed by atoms with Crippen molar-refractivity contribution in [3.8, 4) is 28.2 Å². The molecule has 1 aliphatic carbocycles. The maximum Gasteiger partial charge on any atom is 0.407 e.